The Labute approximate surface area is 105 Å². The molecule has 1 aromatic rings. The zero-order valence-corrected chi connectivity index (χ0v) is 10.9. The van der Waals surface area contributed by atoms with Gasteiger partial charge in [-0.05, 0) is 30.6 Å². The van der Waals surface area contributed by atoms with Crippen LogP contribution in [0.2, 0.25) is 0 Å². The molecule has 0 amide bonds. The maximum atomic E-state index is 11.7. The van der Waals surface area contributed by atoms with Gasteiger partial charge in [-0.25, -0.2) is 4.79 Å². The number of hydrogen-bond donors (Lipinski definition) is 1. The lowest BCUT2D eigenvalue weighted by atomic mass is 10.1. The zero-order chi connectivity index (χ0) is 12.7. The maximum Gasteiger partial charge on any atom is 0.340 e. The van der Waals surface area contributed by atoms with Crippen molar-refractivity contribution in [3.63, 3.8) is 0 Å². The topological polar surface area (TPSA) is 61.5 Å². The molecule has 0 atom stereocenters. The molecule has 2 N–H and O–H groups in total. The van der Waals surface area contributed by atoms with Crippen LogP contribution in [-0.4, -0.2) is 31.7 Å². The van der Waals surface area contributed by atoms with Gasteiger partial charge in [-0.15, -0.1) is 0 Å². The maximum absolute atomic E-state index is 11.7. The first-order valence-corrected chi connectivity index (χ1v) is 6.68. The molecule has 94 valence electrons. The van der Waals surface area contributed by atoms with Crippen molar-refractivity contribution in [1.29, 1.82) is 0 Å². The number of para-hydroxylation sites is 1. The number of ether oxygens (including phenoxy) is 2. The van der Waals surface area contributed by atoms with Crippen LogP contribution in [0.1, 0.15) is 16.8 Å². The smallest absolute Gasteiger partial charge is 0.340 e. The lowest BCUT2D eigenvalue weighted by Crippen LogP contribution is -2.10. The summed E-state index contributed by atoms with van der Waals surface area (Å²) in [4.78, 5) is 11.7. The van der Waals surface area contributed by atoms with Gasteiger partial charge >= 0.3 is 5.97 Å². The first-order valence-electron chi connectivity index (χ1n) is 5.29. The minimum Gasteiger partial charge on any atom is -0.495 e. The number of nitrogens with two attached hydrogens (primary N) is 1. The molecule has 0 spiro atoms. The molecule has 0 fully saturated rings. The van der Waals surface area contributed by atoms with Crippen LogP contribution in [0.25, 0.3) is 0 Å². The van der Waals surface area contributed by atoms with E-state index in [1.54, 1.807) is 30.0 Å². The van der Waals surface area contributed by atoms with Gasteiger partial charge in [0.05, 0.1) is 25.0 Å². The number of carbonyl (C=O) groups is 1. The third-order valence-electron chi connectivity index (χ3n) is 2.23. The van der Waals surface area contributed by atoms with Crippen LogP contribution in [0.4, 0.5) is 5.69 Å². The Morgan fingerprint density at radius 3 is 2.88 bits per heavy atom. The van der Waals surface area contributed by atoms with Crippen molar-refractivity contribution in [1.82, 2.24) is 0 Å². The minimum absolute atomic E-state index is 0.324. The third kappa shape index (κ3) is 3.85. The van der Waals surface area contributed by atoms with E-state index in [4.69, 9.17) is 15.2 Å². The van der Waals surface area contributed by atoms with Gasteiger partial charge in [0.15, 0.2) is 0 Å². The van der Waals surface area contributed by atoms with Crippen LogP contribution < -0.4 is 10.5 Å². The van der Waals surface area contributed by atoms with Gasteiger partial charge in [-0.3, -0.25) is 0 Å². The third-order valence-corrected chi connectivity index (χ3v) is 2.93. The Morgan fingerprint density at radius 1 is 1.47 bits per heavy atom. The summed E-state index contributed by atoms with van der Waals surface area (Å²) in [6, 6.07) is 5.06. The minimum atomic E-state index is -0.400. The van der Waals surface area contributed by atoms with Crippen LogP contribution in [0.3, 0.4) is 0 Å². The van der Waals surface area contributed by atoms with E-state index in [0.717, 1.165) is 12.2 Å². The molecule has 0 unspecified atom stereocenters. The highest BCUT2D eigenvalue weighted by Crippen LogP contribution is 2.25. The van der Waals surface area contributed by atoms with Gasteiger partial charge in [0.2, 0.25) is 0 Å². The van der Waals surface area contributed by atoms with Gasteiger partial charge in [-0.1, -0.05) is 6.07 Å². The molecular weight excluding hydrogens is 238 g/mol. The van der Waals surface area contributed by atoms with E-state index in [9.17, 15) is 4.79 Å². The van der Waals surface area contributed by atoms with E-state index in [0.29, 0.717) is 23.6 Å². The molecule has 0 saturated carbocycles. The van der Waals surface area contributed by atoms with E-state index >= 15 is 0 Å². The summed E-state index contributed by atoms with van der Waals surface area (Å²) in [6.07, 6.45) is 2.86. The lowest BCUT2D eigenvalue weighted by molar-refractivity contribution is 0.0507. The molecular formula is C12H17NO3S. The van der Waals surface area contributed by atoms with Crippen LogP contribution in [0.5, 0.6) is 5.75 Å². The number of carbonyl (C=O) groups excluding carboxylic acids is 1. The fraction of sp³-hybridized carbons (Fsp3) is 0.417. The Hall–Kier alpha value is -1.36. The number of nitrogen functional groups attached to an aromatic ring is 1. The predicted octanol–water partition coefficient (Wildman–Crippen LogP) is 2.19. The normalized spacial score (nSPS) is 10.0. The average molecular weight is 255 g/mol. The van der Waals surface area contributed by atoms with Crippen LogP contribution >= 0.6 is 11.8 Å². The second-order valence-electron chi connectivity index (χ2n) is 3.40. The lowest BCUT2D eigenvalue weighted by Gasteiger charge is -2.09. The van der Waals surface area contributed by atoms with Crippen molar-refractivity contribution in [3.05, 3.63) is 23.8 Å². The van der Waals surface area contributed by atoms with E-state index < -0.39 is 5.97 Å². The second kappa shape index (κ2) is 7.06. The zero-order valence-electron chi connectivity index (χ0n) is 10.1. The Kier molecular flexibility index (Phi) is 5.69. The van der Waals surface area contributed by atoms with Crippen molar-refractivity contribution < 1.29 is 14.3 Å². The molecule has 0 aliphatic carbocycles. The fourth-order valence-corrected chi connectivity index (χ4v) is 1.75. The average Bonchev–Trinajstić information content (AvgIpc) is 2.34. The van der Waals surface area contributed by atoms with Crippen LogP contribution in [-0.2, 0) is 4.74 Å². The summed E-state index contributed by atoms with van der Waals surface area (Å²) in [6.45, 7) is 0.413. The van der Waals surface area contributed by atoms with Gasteiger partial charge in [0.25, 0.3) is 0 Å². The van der Waals surface area contributed by atoms with Crippen molar-refractivity contribution in [2.75, 3.05) is 31.5 Å². The van der Waals surface area contributed by atoms with Crippen molar-refractivity contribution in [2.24, 2.45) is 0 Å². The van der Waals surface area contributed by atoms with Crippen LogP contribution in [0, 0.1) is 0 Å². The number of methoxy groups -OCH3 is 1. The molecule has 0 aromatic heterocycles. The molecule has 0 saturated heterocycles. The SMILES string of the molecule is COc1cccc(C(=O)OCCCSC)c1N. The number of anilines is 1. The number of benzene rings is 1. The summed E-state index contributed by atoms with van der Waals surface area (Å²) < 4.78 is 10.2. The monoisotopic (exact) mass is 255 g/mol. The summed E-state index contributed by atoms with van der Waals surface area (Å²) >= 11 is 1.72. The Bertz CT molecular complexity index is 382. The van der Waals surface area contributed by atoms with Crippen LogP contribution in [0.15, 0.2) is 18.2 Å². The molecule has 4 nitrogen and oxygen atoms in total. The quantitative estimate of drug-likeness (QED) is 0.479. The predicted molar refractivity (Wildman–Crippen MR) is 70.7 cm³/mol. The molecule has 0 aliphatic heterocycles. The van der Waals surface area contributed by atoms with Gasteiger partial charge in [-0.2, -0.15) is 11.8 Å². The van der Waals surface area contributed by atoms with E-state index in [1.165, 1.54) is 7.11 Å². The standard InChI is InChI=1S/C12H17NO3S/c1-15-10-6-3-5-9(11(10)13)12(14)16-7-4-8-17-2/h3,5-6H,4,7-8,13H2,1-2H3. The highest BCUT2D eigenvalue weighted by Gasteiger charge is 2.13. The molecule has 0 aliphatic rings. The van der Waals surface area contributed by atoms with Crippen molar-refractivity contribution >= 4 is 23.4 Å². The molecule has 17 heavy (non-hydrogen) atoms. The summed E-state index contributed by atoms with van der Waals surface area (Å²) in [5.41, 5.74) is 6.47. The molecule has 5 heteroatoms. The molecule has 0 radical (unpaired) electrons. The highest BCUT2D eigenvalue weighted by atomic mass is 32.2. The van der Waals surface area contributed by atoms with E-state index in [2.05, 4.69) is 0 Å². The highest BCUT2D eigenvalue weighted by molar-refractivity contribution is 7.98. The number of esters is 1. The number of rotatable bonds is 6. The van der Waals surface area contributed by atoms with E-state index in [-0.39, 0.29) is 0 Å². The molecule has 1 rings (SSSR count). The molecule has 1 aromatic carbocycles. The fourth-order valence-electron chi connectivity index (χ4n) is 1.35. The molecule has 0 heterocycles. The summed E-state index contributed by atoms with van der Waals surface area (Å²) in [7, 11) is 1.51. The van der Waals surface area contributed by atoms with Gasteiger partial charge in [0.1, 0.15) is 5.75 Å². The number of hydrogen-bond acceptors (Lipinski definition) is 5. The van der Waals surface area contributed by atoms with Gasteiger partial charge in [0, 0.05) is 0 Å². The molecule has 0 bridgehead atoms. The Balaban J connectivity index is 2.62. The van der Waals surface area contributed by atoms with Crippen molar-refractivity contribution in [3.8, 4) is 5.75 Å². The Morgan fingerprint density at radius 2 is 2.24 bits per heavy atom. The van der Waals surface area contributed by atoms with Crippen molar-refractivity contribution in [2.45, 2.75) is 6.42 Å². The first kappa shape index (κ1) is 13.7. The first-order chi connectivity index (χ1) is 8.20. The second-order valence-corrected chi connectivity index (χ2v) is 4.39. The summed E-state index contributed by atoms with van der Waals surface area (Å²) in [5, 5.41) is 0. The number of thioether (sulfide) groups is 1. The largest absolute Gasteiger partial charge is 0.495 e. The van der Waals surface area contributed by atoms with Gasteiger partial charge < -0.3 is 15.2 Å². The summed E-state index contributed by atoms with van der Waals surface area (Å²) in [5.74, 6) is 1.06. The van der Waals surface area contributed by atoms with E-state index in [1.807, 2.05) is 6.26 Å².